The predicted octanol–water partition coefficient (Wildman–Crippen LogP) is 4.82. The van der Waals surface area contributed by atoms with Crippen LogP contribution < -0.4 is 0 Å². The van der Waals surface area contributed by atoms with Crippen LogP contribution >= 0.6 is 0 Å². The number of carbonyl (C=O) groups is 2. The van der Waals surface area contributed by atoms with Crippen molar-refractivity contribution in [3.63, 3.8) is 0 Å². The summed E-state index contributed by atoms with van der Waals surface area (Å²) >= 11 is 0. The second-order valence-corrected chi connectivity index (χ2v) is 8.23. The molecule has 1 N–H and O–H groups in total. The highest BCUT2D eigenvalue weighted by Crippen LogP contribution is 2.39. The molecular formula is C24H27NO3. The molecule has 2 aromatic carbocycles. The number of aliphatic hydroxyl groups is 1. The Morgan fingerprint density at radius 2 is 1.61 bits per heavy atom. The van der Waals surface area contributed by atoms with Crippen molar-refractivity contribution in [2.75, 3.05) is 6.54 Å². The maximum atomic E-state index is 12.8. The van der Waals surface area contributed by atoms with Crippen molar-refractivity contribution in [1.82, 2.24) is 4.90 Å². The summed E-state index contributed by atoms with van der Waals surface area (Å²) in [5.74, 6) is -1.30. The molecule has 0 saturated carbocycles. The lowest BCUT2D eigenvalue weighted by Gasteiger charge is -2.26. The molecule has 4 heteroatoms. The van der Waals surface area contributed by atoms with Gasteiger partial charge < -0.3 is 10.0 Å². The maximum absolute atomic E-state index is 12.8. The summed E-state index contributed by atoms with van der Waals surface area (Å²) in [5, 5.41) is 10.9. The second-order valence-electron chi connectivity index (χ2n) is 8.23. The third-order valence-corrected chi connectivity index (χ3v) is 5.14. The molecule has 1 heterocycles. The normalized spacial score (nSPS) is 19.3. The van der Waals surface area contributed by atoms with E-state index < -0.39 is 17.7 Å². The summed E-state index contributed by atoms with van der Waals surface area (Å²) in [6.07, 6.45) is 0.731. The van der Waals surface area contributed by atoms with Gasteiger partial charge in [0.25, 0.3) is 11.7 Å². The molecule has 2 aromatic rings. The number of Topliss-reactive ketones (excluding diaryl/α,β-unsaturated/α-hetero) is 1. The number of benzene rings is 2. The molecule has 0 aromatic heterocycles. The van der Waals surface area contributed by atoms with Crippen LogP contribution in [0, 0.1) is 0 Å². The Morgan fingerprint density at radius 3 is 2.14 bits per heavy atom. The Hall–Kier alpha value is -2.88. The largest absolute Gasteiger partial charge is 0.507 e. The summed E-state index contributed by atoms with van der Waals surface area (Å²) in [6.45, 7) is 8.85. The van der Waals surface area contributed by atoms with Gasteiger partial charge >= 0.3 is 0 Å². The topological polar surface area (TPSA) is 57.6 Å². The van der Waals surface area contributed by atoms with Gasteiger partial charge in [0.05, 0.1) is 11.6 Å². The Kier molecular flexibility index (Phi) is 5.41. The van der Waals surface area contributed by atoms with Crippen LogP contribution in [0.1, 0.15) is 56.8 Å². The molecule has 4 nitrogen and oxygen atoms in total. The zero-order valence-electron chi connectivity index (χ0n) is 16.9. The minimum absolute atomic E-state index is 0.00774. The molecule has 0 bridgehead atoms. The third-order valence-electron chi connectivity index (χ3n) is 5.14. The van der Waals surface area contributed by atoms with Gasteiger partial charge in [-0.3, -0.25) is 9.59 Å². The summed E-state index contributed by atoms with van der Waals surface area (Å²) < 4.78 is 0. The number of hydrogen-bond donors (Lipinski definition) is 1. The Labute approximate surface area is 166 Å². The first-order chi connectivity index (χ1) is 13.3. The molecule has 0 radical (unpaired) electrons. The van der Waals surface area contributed by atoms with E-state index in [2.05, 4.69) is 20.8 Å². The van der Waals surface area contributed by atoms with Gasteiger partial charge in [0, 0.05) is 12.1 Å². The van der Waals surface area contributed by atoms with Crippen molar-refractivity contribution in [3.8, 4) is 0 Å². The van der Waals surface area contributed by atoms with Crippen molar-refractivity contribution >= 4 is 17.4 Å². The van der Waals surface area contributed by atoms with Gasteiger partial charge in [0.1, 0.15) is 5.76 Å². The molecular weight excluding hydrogens is 350 g/mol. The van der Waals surface area contributed by atoms with Gasteiger partial charge in [-0.15, -0.1) is 0 Å². The fourth-order valence-electron chi connectivity index (χ4n) is 3.62. The smallest absolute Gasteiger partial charge is 0.295 e. The van der Waals surface area contributed by atoms with E-state index in [1.54, 1.807) is 29.2 Å². The van der Waals surface area contributed by atoms with E-state index in [0.29, 0.717) is 12.1 Å². The molecule has 0 aliphatic carbocycles. The minimum Gasteiger partial charge on any atom is -0.507 e. The molecule has 0 spiro atoms. The van der Waals surface area contributed by atoms with Crippen LogP contribution in [-0.2, 0) is 15.0 Å². The van der Waals surface area contributed by atoms with Crippen molar-refractivity contribution in [2.24, 2.45) is 0 Å². The summed E-state index contributed by atoms with van der Waals surface area (Å²) in [7, 11) is 0. The average Bonchev–Trinajstić information content (AvgIpc) is 2.93. The first kappa shape index (κ1) is 19.9. The SMILES string of the molecule is CCCN1C(=O)C(=O)/C(=C(\O)c2ccccc2)C1c1ccc(C(C)(C)C)cc1. The lowest BCUT2D eigenvalue weighted by atomic mass is 9.85. The third kappa shape index (κ3) is 3.59. The highest BCUT2D eigenvalue weighted by Gasteiger charge is 2.45. The van der Waals surface area contributed by atoms with E-state index in [9.17, 15) is 14.7 Å². The molecule has 1 aliphatic rings. The first-order valence-electron chi connectivity index (χ1n) is 9.70. The maximum Gasteiger partial charge on any atom is 0.295 e. The number of rotatable bonds is 4. The van der Waals surface area contributed by atoms with Gasteiger partial charge in [-0.2, -0.15) is 0 Å². The van der Waals surface area contributed by atoms with Gasteiger partial charge in [-0.05, 0) is 23.0 Å². The van der Waals surface area contributed by atoms with Gasteiger partial charge in [-0.1, -0.05) is 82.3 Å². The highest BCUT2D eigenvalue weighted by atomic mass is 16.3. The quantitative estimate of drug-likeness (QED) is 0.472. The van der Waals surface area contributed by atoms with E-state index in [4.69, 9.17) is 0 Å². The van der Waals surface area contributed by atoms with Crippen molar-refractivity contribution < 1.29 is 14.7 Å². The molecule has 1 saturated heterocycles. The first-order valence-corrected chi connectivity index (χ1v) is 9.70. The van der Waals surface area contributed by atoms with Crippen LogP contribution in [0.4, 0.5) is 0 Å². The summed E-state index contributed by atoms with van der Waals surface area (Å²) in [5.41, 5.74) is 2.71. The fraction of sp³-hybridized carbons (Fsp3) is 0.333. The van der Waals surface area contributed by atoms with Crippen molar-refractivity contribution in [3.05, 3.63) is 76.9 Å². The fourth-order valence-corrected chi connectivity index (χ4v) is 3.62. The van der Waals surface area contributed by atoms with E-state index in [1.807, 2.05) is 37.3 Å². The molecule has 1 fully saturated rings. The van der Waals surface area contributed by atoms with Crippen LogP contribution in [0.15, 0.2) is 60.2 Å². The second kappa shape index (κ2) is 7.63. The molecule has 1 amide bonds. The summed E-state index contributed by atoms with van der Waals surface area (Å²) in [4.78, 5) is 27.1. The zero-order valence-corrected chi connectivity index (χ0v) is 16.9. The lowest BCUT2D eigenvalue weighted by Crippen LogP contribution is -2.30. The Balaban J connectivity index is 2.14. The molecule has 3 rings (SSSR count). The number of ketones is 1. The molecule has 1 unspecified atom stereocenters. The number of carbonyl (C=O) groups excluding carboxylic acids is 2. The molecule has 146 valence electrons. The number of aliphatic hydroxyl groups excluding tert-OH is 1. The number of hydrogen-bond acceptors (Lipinski definition) is 3. The monoisotopic (exact) mass is 377 g/mol. The summed E-state index contributed by atoms with van der Waals surface area (Å²) in [6, 6.07) is 16.3. The van der Waals surface area contributed by atoms with Crippen LogP contribution in [-0.4, -0.2) is 28.2 Å². The standard InChI is InChI=1S/C24H27NO3/c1-5-15-25-20(16-11-13-18(14-12-16)24(2,3)4)19(22(27)23(25)28)21(26)17-9-7-6-8-10-17/h6-14,20,26H,5,15H2,1-4H3/b21-19-. The van der Waals surface area contributed by atoms with Gasteiger partial charge in [0.2, 0.25) is 0 Å². The Morgan fingerprint density at radius 1 is 1.00 bits per heavy atom. The van der Waals surface area contributed by atoms with Crippen LogP contribution in [0.25, 0.3) is 5.76 Å². The van der Waals surface area contributed by atoms with Crippen LogP contribution in [0.5, 0.6) is 0 Å². The van der Waals surface area contributed by atoms with Crippen LogP contribution in [0.3, 0.4) is 0 Å². The highest BCUT2D eigenvalue weighted by molar-refractivity contribution is 6.46. The predicted molar refractivity (Wildman–Crippen MR) is 111 cm³/mol. The van der Waals surface area contributed by atoms with E-state index >= 15 is 0 Å². The van der Waals surface area contributed by atoms with E-state index in [1.165, 1.54) is 5.56 Å². The van der Waals surface area contributed by atoms with E-state index in [-0.39, 0.29) is 16.7 Å². The van der Waals surface area contributed by atoms with Gasteiger partial charge in [-0.25, -0.2) is 0 Å². The number of nitrogens with zero attached hydrogens (tertiary/aromatic N) is 1. The number of likely N-dealkylation sites (tertiary alicyclic amines) is 1. The van der Waals surface area contributed by atoms with E-state index in [0.717, 1.165) is 12.0 Å². The average molecular weight is 377 g/mol. The molecule has 28 heavy (non-hydrogen) atoms. The number of amides is 1. The van der Waals surface area contributed by atoms with Crippen molar-refractivity contribution in [2.45, 2.75) is 45.6 Å². The molecule has 1 atom stereocenters. The lowest BCUT2D eigenvalue weighted by molar-refractivity contribution is -0.139. The van der Waals surface area contributed by atoms with Crippen molar-refractivity contribution in [1.29, 1.82) is 0 Å². The zero-order chi connectivity index (χ0) is 20.5. The van der Waals surface area contributed by atoms with Crippen LogP contribution in [0.2, 0.25) is 0 Å². The Bertz CT molecular complexity index is 905. The van der Waals surface area contributed by atoms with Gasteiger partial charge in [0.15, 0.2) is 0 Å². The minimum atomic E-state index is -0.625. The molecule has 1 aliphatic heterocycles.